The van der Waals surface area contributed by atoms with Crippen molar-refractivity contribution in [2.45, 2.75) is 31.8 Å². The topological polar surface area (TPSA) is 43.8 Å². The zero-order valence-corrected chi connectivity index (χ0v) is 13.0. The molecule has 2 aliphatic heterocycles. The molecule has 1 aromatic heterocycles. The van der Waals surface area contributed by atoms with Gasteiger partial charge in [-0.15, -0.1) is 11.3 Å². The van der Waals surface area contributed by atoms with E-state index in [1.807, 2.05) is 11.4 Å². The van der Waals surface area contributed by atoms with Crippen molar-refractivity contribution in [2.75, 3.05) is 26.2 Å². The molecule has 1 atom stereocenters. The van der Waals surface area contributed by atoms with E-state index in [0.717, 1.165) is 31.2 Å². The summed E-state index contributed by atoms with van der Waals surface area (Å²) in [4.78, 5) is 17.1. The van der Waals surface area contributed by atoms with E-state index in [0.29, 0.717) is 0 Å². The summed E-state index contributed by atoms with van der Waals surface area (Å²) in [5.74, 6) is -0.887. The largest absolute Gasteiger partial charge is 0.478 e. The van der Waals surface area contributed by atoms with Gasteiger partial charge in [0.05, 0.1) is 0 Å². The molecule has 0 aromatic carbocycles. The molecule has 2 fully saturated rings. The van der Waals surface area contributed by atoms with Gasteiger partial charge in [0.2, 0.25) is 0 Å². The molecular weight excluding hydrogens is 284 g/mol. The summed E-state index contributed by atoms with van der Waals surface area (Å²) in [7, 11) is 0. The van der Waals surface area contributed by atoms with Gasteiger partial charge < -0.3 is 5.11 Å². The summed E-state index contributed by atoms with van der Waals surface area (Å²) in [6, 6.07) is 2.73. The lowest BCUT2D eigenvalue weighted by Crippen LogP contribution is -2.35. The number of rotatable bonds is 5. The van der Waals surface area contributed by atoms with Gasteiger partial charge in [-0.25, -0.2) is 4.79 Å². The highest BCUT2D eigenvalue weighted by Gasteiger charge is 2.29. The van der Waals surface area contributed by atoms with Crippen LogP contribution in [-0.4, -0.2) is 53.1 Å². The molecule has 114 valence electrons. The first kappa shape index (κ1) is 14.8. The average molecular weight is 306 g/mol. The first-order chi connectivity index (χ1) is 10.2. The highest BCUT2D eigenvalue weighted by molar-refractivity contribution is 7.10. The van der Waals surface area contributed by atoms with Crippen molar-refractivity contribution < 1.29 is 9.90 Å². The minimum Gasteiger partial charge on any atom is -0.478 e. The first-order valence-electron chi connectivity index (χ1n) is 7.66. The van der Waals surface area contributed by atoms with Gasteiger partial charge in [-0.2, -0.15) is 0 Å². The standard InChI is InChI=1S/C16H22N2O2S/c19-16(20)4-3-13-6-10-21-15(13)12-17-9-5-14(11-17)18-7-1-2-8-18/h3-4,6,10,14H,1-2,5,7-9,11-12H2,(H,19,20). The van der Waals surface area contributed by atoms with Crippen molar-refractivity contribution >= 4 is 23.4 Å². The fourth-order valence-corrected chi connectivity index (χ4v) is 4.26. The lowest BCUT2D eigenvalue weighted by atomic mass is 10.2. The lowest BCUT2D eigenvalue weighted by Gasteiger charge is -2.23. The van der Waals surface area contributed by atoms with Crippen molar-refractivity contribution in [1.29, 1.82) is 0 Å². The summed E-state index contributed by atoms with van der Waals surface area (Å²) < 4.78 is 0. The van der Waals surface area contributed by atoms with E-state index < -0.39 is 5.97 Å². The fraction of sp³-hybridized carbons (Fsp3) is 0.562. The van der Waals surface area contributed by atoms with Crippen LogP contribution in [0.1, 0.15) is 29.7 Å². The van der Waals surface area contributed by atoms with Crippen molar-refractivity contribution in [3.8, 4) is 0 Å². The summed E-state index contributed by atoms with van der Waals surface area (Å²) in [6.07, 6.45) is 6.91. The second kappa shape index (κ2) is 6.73. The summed E-state index contributed by atoms with van der Waals surface area (Å²) in [6.45, 7) is 5.79. The van der Waals surface area contributed by atoms with Crippen LogP contribution in [0.3, 0.4) is 0 Å². The lowest BCUT2D eigenvalue weighted by molar-refractivity contribution is -0.131. The molecular formula is C16H22N2O2S. The molecule has 0 spiro atoms. The van der Waals surface area contributed by atoms with Crippen molar-refractivity contribution in [1.82, 2.24) is 9.80 Å². The Balaban J connectivity index is 1.57. The molecule has 0 radical (unpaired) electrons. The van der Waals surface area contributed by atoms with Crippen molar-refractivity contribution in [3.63, 3.8) is 0 Å². The van der Waals surface area contributed by atoms with Gasteiger partial charge in [-0.1, -0.05) is 0 Å². The molecule has 1 N–H and O–H groups in total. The third kappa shape index (κ3) is 3.73. The van der Waals surface area contributed by atoms with E-state index in [2.05, 4.69) is 9.80 Å². The van der Waals surface area contributed by atoms with E-state index in [1.165, 1.54) is 43.3 Å². The SMILES string of the molecule is O=C(O)C=Cc1ccsc1CN1CCC(N2CCCC2)C1. The Kier molecular flexibility index (Phi) is 4.73. The Morgan fingerprint density at radius 2 is 2.19 bits per heavy atom. The van der Waals surface area contributed by atoms with Crippen LogP contribution in [0, 0.1) is 0 Å². The van der Waals surface area contributed by atoms with Gasteiger partial charge >= 0.3 is 5.97 Å². The van der Waals surface area contributed by atoms with E-state index >= 15 is 0 Å². The third-order valence-electron chi connectivity index (χ3n) is 4.46. The quantitative estimate of drug-likeness (QED) is 0.849. The molecule has 0 bridgehead atoms. The maximum atomic E-state index is 10.6. The summed E-state index contributed by atoms with van der Waals surface area (Å²) >= 11 is 1.72. The maximum Gasteiger partial charge on any atom is 0.328 e. The van der Waals surface area contributed by atoms with Crippen LogP contribution < -0.4 is 0 Å². The van der Waals surface area contributed by atoms with Crippen LogP contribution in [-0.2, 0) is 11.3 Å². The molecule has 1 unspecified atom stereocenters. The third-order valence-corrected chi connectivity index (χ3v) is 5.38. The van der Waals surface area contributed by atoms with Crippen molar-refractivity contribution in [3.05, 3.63) is 28.0 Å². The summed E-state index contributed by atoms with van der Waals surface area (Å²) in [5.41, 5.74) is 1.05. The van der Waals surface area contributed by atoms with Crippen LogP contribution >= 0.6 is 11.3 Å². The molecule has 3 rings (SSSR count). The van der Waals surface area contributed by atoms with Crippen LogP contribution in [0.15, 0.2) is 17.5 Å². The Labute approximate surface area is 129 Å². The molecule has 5 heteroatoms. The van der Waals surface area contributed by atoms with Gasteiger partial charge in [0.25, 0.3) is 0 Å². The molecule has 0 aliphatic carbocycles. The number of carbonyl (C=O) groups is 1. The second-order valence-electron chi connectivity index (χ2n) is 5.89. The van der Waals surface area contributed by atoms with E-state index in [-0.39, 0.29) is 0 Å². The minimum atomic E-state index is -0.887. The number of nitrogens with zero attached hydrogens (tertiary/aromatic N) is 2. The number of carboxylic acids is 1. The van der Waals surface area contributed by atoms with Crippen LogP contribution in [0.5, 0.6) is 0 Å². The van der Waals surface area contributed by atoms with Gasteiger partial charge in [0.1, 0.15) is 0 Å². The average Bonchev–Trinajstić information content (AvgIpc) is 3.18. The molecule has 4 nitrogen and oxygen atoms in total. The van der Waals surface area contributed by atoms with E-state index in [4.69, 9.17) is 5.11 Å². The molecule has 3 heterocycles. The zero-order valence-electron chi connectivity index (χ0n) is 12.2. The molecule has 0 amide bonds. The molecule has 1 aromatic rings. The number of hydrogen-bond acceptors (Lipinski definition) is 4. The Bertz CT molecular complexity index is 520. The Morgan fingerprint density at radius 3 is 2.95 bits per heavy atom. The molecule has 2 saturated heterocycles. The van der Waals surface area contributed by atoms with E-state index in [9.17, 15) is 4.79 Å². The maximum absolute atomic E-state index is 10.6. The zero-order chi connectivity index (χ0) is 14.7. The number of hydrogen-bond donors (Lipinski definition) is 1. The molecule has 2 aliphatic rings. The van der Waals surface area contributed by atoms with Gasteiger partial charge in [-0.3, -0.25) is 9.80 Å². The van der Waals surface area contributed by atoms with E-state index in [1.54, 1.807) is 17.4 Å². The number of likely N-dealkylation sites (tertiary alicyclic amines) is 2. The summed E-state index contributed by atoms with van der Waals surface area (Å²) in [5, 5.41) is 10.8. The number of thiophene rings is 1. The predicted molar refractivity (Wildman–Crippen MR) is 85.5 cm³/mol. The van der Waals surface area contributed by atoms with Crippen LogP contribution in [0.2, 0.25) is 0 Å². The Hall–Kier alpha value is -1.17. The highest BCUT2D eigenvalue weighted by atomic mass is 32.1. The number of carboxylic acid groups (broad SMARTS) is 1. The highest BCUT2D eigenvalue weighted by Crippen LogP contribution is 2.25. The normalized spacial score (nSPS) is 24.3. The minimum absolute atomic E-state index is 0.727. The van der Waals surface area contributed by atoms with Gasteiger partial charge in [0.15, 0.2) is 0 Å². The number of aliphatic carboxylic acids is 1. The Morgan fingerprint density at radius 1 is 1.38 bits per heavy atom. The second-order valence-corrected chi connectivity index (χ2v) is 6.89. The first-order valence-corrected chi connectivity index (χ1v) is 8.54. The van der Waals surface area contributed by atoms with Gasteiger partial charge in [0, 0.05) is 36.6 Å². The van der Waals surface area contributed by atoms with Crippen LogP contribution in [0.4, 0.5) is 0 Å². The smallest absolute Gasteiger partial charge is 0.328 e. The van der Waals surface area contributed by atoms with Crippen molar-refractivity contribution in [2.24, 2.45) is 0 Å². The predicted octanol–water partition coefficient (Wildman–Crippen LogP) is 2.52. The molecule has 0 saturated carbocycles. The fourth-order valence-electron chi connectivity index (χ4n) is 3.35. The monoisotopic (exact) mass is 306 g/mol. The van der Waals surface area contributed by atoms with Crippen LogP contribution in [0.25, 0.3) is 6.08 Å². The van der Waals surface area contributed by atoms with Gasteiger partial charge in [-0.05, 0) is 55.4 Å². The molecule has 21 heavy (non-hydrogen) atoms.